The molecule has 0 aromatic heterocycles. The van der Waals surface area contributed by atoms with Crippen LogP contribution in [0.15, 0.2) is 36.4 Å². The average Bonchev–Trinajstić information content (AvgIpc) is 2.78. The molecule has 2 aromatic carbocycles. The van der Waals surface area contributed by atoms with Crippen molar-refractivity contribution in [3.63, 3.8) is 0 Å². The van der Waals surface area contributed by atoms with E-state index in [1.54, 1.807) is 0 Å². The van der Waals surface area contributed by atoms with E-state index in [-0.39, 0.29) is 5.41 Å². The van der Waals surface area contributed by atoms with Gasteiger partial charge in [0, 0.05) is 11.0 Å². The SMILES string of the molecule is C#Cc1ccc2c(c1)C(CCC)(CCC)c1cc(C)ccc1-2. The van der Waals surface area contributed by atoms with E-state index < -0.39 is 0 Å². The lowest BCUT2D eigenvalue weighted by Gasteiger charge is -2.32. The second-order valence-electron chi connectivity index (χ2n) is 6.54. The fourth-order valence-corrected chi connectivity index (χ4v) is 4.22. The zero-order valence-corrected chi connectivity index (χ0v) is 13.9. The third-order valence-corrected chi connectivity index (χ3v) is 5.04. The molecule has 0 amide bonds. The molecule has 0 heteroatoms. The first-order valence-electron chi connectivity index (χ1n) is 8.39. The van der Waals surface area contributed by atoms with Gasteiger partial charge in [0.2, 0.25) is 0 Å². The molecular formula is C22H24. The molecule has 1 aliphatic carbocycles. The van der Waals surface area contributed by atoms with E-state index in [0.29, 0.717) is 0 Å². The van der Waals surface area contributed by atoms with E-state index in [2.05, 4.69) is 63.1 Å². The molecule has 0 saturated heterocycles. The van der Waals surface area contributed by atoms with Crippen molar-refractivity contribution in [3.8, 4) is 23.5 Å². The molecule has 22 heavy (non-hydrogen) atoms. The Kier molecular flexibility index (Phi) is 3.83. The van der Waals surface area contributed by atoms with E-state index in [9.17, 15) is 0 Å². The van der Waals surface area contributed by atoms with Gasteiger partial charge in [0.1, 0.15) is 0 Å². The summed E-state index contributed by atoms with van der Waals surface area (Å²) in [6, 6.07) is 13.5. The summed E-state index contributed by atoms with van der Waals surface area (Å²) < 4.78 is 0. The summed E-state index contributed by atoms with van der Waals surface area (Å²) in [5, 5.41) is 0. The van der Waals surface area contributed by atoms with Crippen molar-refractivity contribution >= 4 is 0 Å². The zero-order chi connectivity index (χ0) is 15.7. The molecular weight excluding hydrogens is 264 g/mol. The fourth-order valence-electron chi connectivity index (χ4n) is 4.22. The lowest BCUT2D eigenvalue weighted by molar-refractivity contribution is 0.435. The first-order valence-corrected chi connectivity index (χ1v) is 8.39. The summed E-state index contributed by atoms with van der Waals surface area (Å²) in [6.07, 6.45) is 10.4. The maximum Gasteiger partial charge on any atom is 0.0246 e. The minimum absolute atomic E-state index is 0.146. The Bertz CT molecular complexity index is 737. The van der Waals surface area contributed by atoms with Gasteiger partial charge in [-0.2, -0.15) is 0 Å². The van der Waals surface area contributed by atoms with Crippen molar-refractivity contribution in [3.05, 3.63) is 58.7 Å². The number of benzene rings is 2. The summed E-state index contributed by atoms with van der Waals surface area (Å²) >= 11 is 0. The standard InChI is InChI=1S/C22H24/c1-5-12-22(13-6-2)20-14-16(4)8-10-18(20)19-11-9-17(7-3)15-21(19)22/h3,8-11,14-15H,5-6,12-13H2,1-2,4H3. The van der Waals surface area contributed by atoms with Crippen LogP contribution in [0, 0.1) is 19.3 Å². The topological polar surface area (TPSA) is 0 Å². The van der Waals surface area contributed by atoms with Crippen molar-refractivity contribution in [2.24, 2.45) is 0 Å². The lowest BCUT2D eigenvalue weighted by atomic mass is 9.71. The molecule has 0 heterocycles. The van der Waals surface area contributed by atoms with Gasteiger partial charge >= 0.3 is 0 Å². The highest BCUT2D eigenvalue weighted by atomic mass is 14.4. The molecule has 0 spiro atoms. The Balaban J connectivity index is 2.33. The van der Waals surface area contributed by atoms with Gasteiger partial charge in [0.05, 0.1) is 0 Å². The number of terminal acetylenes is 1. The first-order chi connectivity index (χ1) is 10.7. The van der Waals surface area contributed by atoms with Crippen molar-refractivity contribution in [1.29, 1.82) is 0 Å². The van der Waals surface area contributed by atoms with Crippen LogP contribution in [-0.2, 0) is 5.41 Å². The van der Waals surface area contributed by atoms with Crippen LogP contribution < -0.4 is 0 Å². The van der Waals surface area contributed by atoms with Gasteiger partial charge in [-0.3, -0.25) is 0 Å². The molecule has 0 atom stereocenters. The van der Waals surface area contributed by atoms with Crippen molar-refractivity contribution in [1.82, 2.24) is 0 Å². The second kappa shape index (κ2) is 5.65. The maximum atomic E-state index is 5.66. The number of fused-ring (bicyclic) bond motifs is 3. The Labute approximate surface area is 134 Å². The summed E-state index contributed by atoms with van der Waals surface area (Å²) in [5.41, 5.74) is 8.25. The van der Waals surface area contributed by atoms with E-state index in [0.717, 1.165) is 5.56 Å². The van der Waals surface area contributed by atoms with Gasteiger partial charge in [0.15, 0.2) is 0 Å². The van der Waals surface area contributed by atoms with Crippen LogP contribution in [0.4, 0.5) is 0 Å². The van der Waals surface area contributed by atoms with Gasteiger partial charge in [0.25, 0.3) is 0 Å². The molecule has 0 N–H and O–H groups in total. The highest BCUT2D eigenvalue weighted by Gasteiger charge is 2.41. The Morgan fingerprint density at radius 2 is 1.50 bits per heavy atom. The molecule has 112 valence electrons. The number of hydrogen-bond acceptors (Lipinski definition) is 0. The quantitative estimate of drug-likeness (QED) is 0.620. The van der Waals surface area contributed by atoms with Crippen molar-refractivity contribution in [2.45, 2.75) is 51.9 Å². The Morgan fingerprint density at radius 1 is 0.909 bits per heavy atom. The van der Waals surface area contributed by atoms with Crippen LogP contribution in [-0.4, -0.2) is 0 Å². The van der Waals surface area contributed by atoms with Gasteiger partial charge < -0.3 is 0 Å². The molecule has 0 aliphatic heterocycles. The monoisotopic (exact) mass is 288 g/mol. The molecule has 0 fully saturated rings. The summed E-state index contributed by atoms with van der Waals surface area (Å²) in [6.45, 7) is 6.77. The molecule has 0 saturated carbocycles. The van der Waals surface area contributed by atoms with Crippen LogP contribution in [0.3, 0.4) is 0 Å². The Hall–Kier alpha value is -2.00. The van der Waals surface area contributed by atoms with E-state index in [1.165, 1.54) is 53.5 Å². The largest absolute Gasteiger partial charge is 0.115 e. The van der Waals surface area contributed by atoms with Gasteiger partial charge in [-0.25, -0.2) is 0 Å². The normalized spacial score (nSPS) is 14.3. The molecule has 0 radical (unpaired) electrons. The summed E-state index contributed by atoms with van der Waals surface area (Å²) in [5.74, 6) is 2.82. The third kappa shape index (κ3) is 2.08. The van der Waals surface area contributed by atoms with Crippen LogP contribution in [0.1, 0.15) is 61.8 Å². The van der Waals surface area contributed by atoms with E-state index >= 15 is 0 Å². The lowest BCUT2D eigenvalue weighted by Crippen LogP contribution is -2.25. The predicted molar refractivity (Wildman–Crippen MR) is 95.1 cm³/mol. The molecule has 0 bridgehead atoms. The highest BCUT2D eigenvalue weighted by Crippen LogP contribution is 2.54. The van der Waals surface area contributed by atoms with Gasteiger partial charge in [-0.1, -0.05) is 62.4 Å². The summed E-state index contributed by atoms with van der Waals surface area (Å²) in [7, 11) is 0. The number of hydrogen-bond donors (Lipinski definition) is 0. The second-order valence-corrected chi connectivity index (χ2v) is 6.54. The van der Waals surface area contributed by atoms with E-state index in [1.807, 2.05) is 0 Å². The first kappa shape index (κ1) is 14.9. The van der Waals surface area contributed by atoms with Gasteiger partial charge in [-0.15, -0.1) is 6.42 Å². The molecule has 1 aliphatic rings. The van der Waals surface area contributed by atoms with Gasteiger partial charge in [-0.05, 0) is 54.2 Å². The predicted octanol–water partition coefficient (Wildman–Crippen LogP) is 5.84. The number of aryl methyl sites for hydroxylation is 1. The fraction of sp³-hybridized carbons (Fsp3) is 0.364. The zero-order valence-electron chi connectivity index (χ0n) is 13.9. The third-order valence-electron chi connectivity index (χ3n) is 5.04. The maximum absolute atomic E-state index is 5.66. The molecule has 3 rings (SSSR count). The average molecular weight is 288 g/mol. The highest BCUT2D eigenvalue weighted by molar-refractivity contribution is 5.82. The van der Waals surface area contributed by atoms with Crippen LogP contribution in [0.25, 0.3) is 11.1 Å². The van der Waals surface area contributed by atoms with Crippen LogP contribution >= 0.6 is 0 Å². The Morgan fingerprint density at radius 3 is 2.09 bits per heavy atom. The van der Waals surface area contributed by atoms with Crippen LogP contribution in [0.5, 0.6) is 0 Å². The molecule has 0 unspecified atom stereocenters. The molecule has 0 nitrogen and oxygen atoms in total. The van der Waals surface area contributed by atoms with Crippen molar-refractivity contribution < 1.29 is 0 Å². The molecule has 2 aromatic rings. The minimum atomic E-state index is 0.146. The van der Waals surface area contributed by atoms with E-state index in [4.69, 9.17) is 6.42 Å². The van der Waals surface area contributed by atoms with Crippen molar-refractivity contribution in [2.75, 3.05) is 0 Å². The summed E-state index contributed by atoms with van der Waals surface area (Å²) in [4.78, 5) is 0. The minimum Gasteiger partial charge on any atom is -0.115 e. The smallest absolute Gasteiger partial charge is 0.0246 e. The van der Waals surface area contributed by atoms with Crippen LogP contribution in [0.2, 0.25) is 0 Å². The number of rotatable bonds is 4.